The molecule has 1 heterocycles. The minimum atomic E-state index is 0.230. The number of ether oxygens (including phenoxy) is 1. The maximum atomic E-state index is 6.27. The molecule has 0 bridgehead atoms. The molecular weight excluding hydrogens is 257 g/mol. The molecule has 1 saturated heterocycles. The summed E-state index contributed by atoms with van der Waals surface area (Å²) in [6.07, 6.45) is 1.07. The van der Waals surface area contributed by atoms with Gasteiger partial charge in [-0.25, -0.2) is 0 Å². The van der Waals surface area contributed by atoms with Gasteiger partial charge in [0.15, 0.2) is 0 Å². The lowest BCUT2D eigenvalue weighted by Crippen LogP contribution is -2.28. The summed E-state index contributed by atoms with van der Waals surface area (Å²) >= 11 is 12.3. The first-order valence-corrected chi connectivity index (χ1v) is 6.74. The van der Waals surface area contributed by atoms with Crippen LogP contribution in [-0.2, 0) is 4.74 Å². The van der Waals surface area contributed by atoms with Crippen LogP contribution < -0.4 is 5.32 Å². The van der Waals surface area contributed by atoms with Crippen LogP contribution in [0.2, 0.25) is 10.0 Å². The molecule has 1 fully saturated rings. The molecule has 1 aromatic rings. The predicted molar refractivity (Wildman–Crippen MR) is 71.8 cm³/mol. The van der Waals surface area contributed by atoms with Crippen LogP contribution in [0.3, 0.4) is 0 Å². The molecule has 2 rings (SSSR count). The Hall–Kier alpha value is -0.280. The molecule has 0 amide bonds. The SMILES string of the molecule is CCNC(c1cc(Cl)ccc1Cl)C1CCOC1. The third kappa shape index (κ3) is 3.14. The van der Waals surface area contributed by atoms with Crippen LogP contribution in [0.15, 0.2) is 18.2 Å². The molecule has 1 aliphatic rings. The Morgan fingerprint density at radius 3 is 2.94 bits per heavy atom. The van der Waals surface area contributed by atoms with Gasteiger partial charge in [-0.3, -0.25) is 0 Å². The Morgan fingerprint density at radius 1 is 1.47 bits per heavy atom. The van der Waals surface area contributed by atoms with Crippen LogP contribution >= 0.6 is 23.2 Å². The molecule has 17 heavy (non-hydrogen) atoms. The topological polar surface area (TPSA) is 21.3 Å². The second-order valence-electron chi connectivity index (χ2n) is 4.32. The van der Waals surface area contributed by atoms with Gasteiger partial charge >= 0.3 is 0 Å². The largest absolute Gasteiger partial charge is 0.381 e. The maximum absolute atomic E-state index is 6.27. The van der Waals surface area contributed by atoms with Crippen LogP contribution in [0.25, 0.3) is 0 Å². The van der Waals surface area contributed by atoms with Crippen LogP contribution in [0.1, 0.15) is 24.9 Å². The highest BCUT2D eigenvalue weighted by Crippen LogP contribution is 2.34. The Kier molecular flexibility index (Phi) is 4.69. The second kappa shape index (κ2) is 6.05. The van der Waals surface area contributed by atoms with Gasteiger partial charge in [0.2, 0.25) is 0 Å². The van der Waals surface area contributed by atoms with E-state index in [9.17, 15) is 0 Å². The first-order chi connectivity index (χ1) is 8.22. The zero-order valence-corrected chi connectivity index (χ0v) is 11.4. The molecule has 1 aromatic carbocycles. The predicted octanol–water partition coefficient (Wildman–Crippen LogP) is 3.68. The molecule has 0 spiro atoms. The third-order valence-corrected chi connectivity index (χ3v) is 3.73. The fourth-order valence-electron chi connectivity index (χ4n) is 2.32. The summed E-state index contributed by atoms with van der Waals surface area (Å²) in [5, 5.41) is 4.98. The highest BCUT2D eigenvalue weighted by molar-refractivity contribution is 6.33. The molecule has 0 radical (unpaired) electrons. The summed E-state index contributed by atoms with van der Waals surface area (Å²) in [5.74, 6) is 0.478. The van der Waals surface area contributed by atoms with Gasteiger partial charge in [0.25, 0.3) is 0 Å². The lowest BCUT2D eigenvalue weighted by atomic mass is 9.92. The monoisotopic (exact) mass is 273 g/mol. The summed E-state index contributed by atoms with van der Waals surface area (Å²) in [5.41, 5.74) is 1.08. The van der Waals surface area contributed by atoms with Crippen LogP contribution in [0.4, 0.5) is 0 Å². The summed E-state index contributed by atoms with van der Waals surface area (Å²) in [6.45, 7) is 4.64. The van der Waals surface area contributed by atoms with Gasteiger partial charge in [0, 0.05) is 28.6 Å². The zero-order chi connectivity index (χ0) is 12.3. The van der Waals surface area contributed by atoms with Crippen molar-refractivity contribution in [3.8, 4) is 0 Å². The third-order valence-electron chi connectivity index (χ3n) is 3.15. The summed E-state index contributed by atoms with van der Waals surface area (Å²) in [7, 11) is 0. The fraction of sp³-hybridized carbons (Fsp3) is 0.538. The molecule has 2 atom stereocenters. The zero-order valence-electron chi connectivity index (χ0n) is 9.88. The molecule has 0 saturated carbocycles. The number of nitrogens with one attached hydrogen (secondary N) is 1. The van der Waals surface area contributed by atoms with Crippen molar-refractivity contribution in [3.05, 3.63) is 33.8 Å². The molecule has 94 valence electrons. The van der Waals surface area contributed by atoms with Gasteiger partial charge in [0.1, 0.15) is 0 Å². The van der Waals surface area contributed by atoms with E-state index in [1.807, 2.05) is 18.2 Å². The van der Waals surface area contributed by atoms with Crippen molar-refractivity contribution < 1.29 is 4.74 Å². The normalized spacial score (nSPS) is 21.7. The molecule has 0 aliphatic carbocycles. The molecule has 4 heteroatoms. The van der Waals surface area contributed by atoms with E-state index in [1.165, 1.54) is 0 Å². The molecule has 1 aliphatic heterocycles. The molecule has 1 N–H and O–H groups in total. The Balaban J connectivity index is 2.27. The van der Waals surface area contributed by atoms with E-state index in [-0.39, 0.29) is 6.04 Å². The van der Waals surface area contributed by atoms with Crippen molar-refractivity contribution in [2.24, 2.45) is 5.92 Å². The number of hydrogen-bond donors (Lipinski definition) is 1. The molecule has 2 nitrogen and oxygen atoms in total. The van der Waals surface area contributed by atoms with Crippen molar-refractivity contribution >= 4 is 23.2 Å². The average Bonchev–Trinajstić information content (AvgIpc) is 2.83. The standard InChI is InChI=1S/C13H17Cl2NO/c1-2-16-13(9-5-6-17-8-9)11-7-10(14)3-4-12(11)15/h3-4,7,9,13,16H,2,5-6,8H2,1H3. The number of benzene rings is 1. The van der Waals surface area contributed by atoms with E-state index in [4.69, 9.17) is 27.9 Å². The maximum Gasteiger partial charge on any atom is 0.0513 e. The summed E-state index contributed by atoms with van der Waals surface area (Å²) in [4.78, 5) is 0. The van der Waals surface area contributed by atoms with E-state index in [2.05, 4.69) is 12.2 Å². The van der Waals surface area contributed by atoms with Crippen LogP contribution in [-0.4, -0.2) is 19.8 Å². The van der Waals surface area contributed by atoms with Crippen molar-refractivity contribution in [1.29, 1.82) is 0 Å². The van der Waals surface area contributed by atoms with E-state index in [1.54, 1.807) is 0 Å². The molecule has 0 aromatic heterocycles. The van der Waals surface area contributed by atoms with E-state index >= 15 is 0 Å². The van der Waals surface area contributed by atoms with E-state index in [0.29, 0.717) is 5.92 Å². The average molecular weight is 274 g/mol. The lowest BCUT2D eigenvalue weighted by Gasteiger charge is -2.24. The minimum Gasteiger partial charge on any atom is -0.381 e. The van der Waals surface area contributed by atoms with Crippen LogP contribution in [0.5, 0.6) is 0 Å². The van der Waals surface area contributed by atoms with Gasteiger partial charge in [-0.15, -0.1) is 0 Å². The lowest BCUT2D eigenvalue weighted by molar-refractivity contribution is 0.177. The summed E-state index contributed by atoms with van der Waals surface area (Å²) in [6, 6.07) is 5.87. The Morgan fingerprint density at radius 2 is 2.29 bits per heavy atom. The highest BCUT2D eigenvalue weighted by Gasteiger charge is 2.27. The van der Waals surface area contributed by atoms with Crippen molar-refractivity contribution in [2.75, 3.05) is 19.8 Å². The Labute approximate surface area is 112 Å². The molecule has 2 unspecified atom stereocenters. The summed E-state index contributed by atoms with van der Waals surface area (Å²) < 4.78 is 5.46. The van der Waals surface area contributed by atoms with Gasteiger partial charge < -0.3 is 10.1 Å². The number of rotatable bonds is 4. The van der Waals surface area contributed by atoms with Crippen molar-refractivity contribution in [1.82, 2.24) is 5.32 Å². The second-order valence-corrected chi connectivity index (χ2v) is 5.17. The van der Waals surface area contributed by atoms with Crippen LogP contribution in [0, 0.1) is 5.92 Å². The number of halogens is 2. The quantitative estimate of drug-likeness (QED) is 0.904. The first-order valence-electron chi connectivity index (χ1n) is 5.98. The smallest absolute Gasteiger partial charge is 0.0513 e. The van der Waals surface area contributed by atoms with E-state index < -0.39 is 0 Å². The minimum absolute atomic E-state index is 0.230. The fourth-order valence-corrected chi connectivity index (χ4v) is 2.73. The number of hydrogen-bond acceptors (Lipinski definition) is 2. The highest BCUT2D eigenvalue weighted by atomic mass is 35.5. The van der Waals surface area contributed by atoms with Crippen molar-refractivity contribution in [3.63, 3.8) is 0 Å². The molecular formula is C13H17Cl2NO. The van der Waals surface area contributed by atoms with Gasteiger partial charge in [-0.2, -0.15) is 0 Å². The van der Waals surface area contributed by atoms with Gasteiger partial charge in [-0.1, -0.05) is 30.1 Å². The van der Waals surface area contributed by atoms with E-state index in [0.717, 1.165) is 41.8 Å². The first kappa shape index (κ1) is 13.2. The van der Waals surface area contributed by atoms with Gasteiger partial charge in [0.05, 0.1) is 6.61 Å². The van der Waals surface area contributed by atoms with Crippen molar-refractivity contribution in [2.45, 2.75) is 19.4 Å². The van der Waals surface area contributed by atoms with Gasteiger partial charge in [-0.05, 0) is 36.7 Å². The Bertz CT molecular complexity index is 378.